The van der Waals surface area contributed by atoms with Crippen molar-refractivity contribution in [2.24, 2.45) is 11.7 Å². The Balaban J connectivity index is 2.22. The maximum atomic E-state index is 11.3. The molecule has 1 aromatic rings. The van der Waals surface area contributed by atoms with Gasteiger partial charge in [-0.05, 0) is 30.9 Å². The van der Waals surface area contributed by atoms with E-state index < -0.39 is 4.92 Å². The summed E-state index contributed by atoms with van der Waals surface area (Å²) in [6.07, 6.45) is 5.96. The van der Waals surface area contributed by atoms with Crippen molar-refractivity contribution in [1.29, 1.82) is 0 Å². The molecule has 2 rings (SSSR count). The molecule has 1 saturated carbocycles. The number of hydrogen-bond acceptors (Lipinski definition) is 5. The largest absolute Gasteiger partial charge is 0.490 e. The topological polar surface area (TPSA) is 90.4 Å². The number of para-hydroxylation sites is 1. The SMILES string of the molecule is COc1cccc(NC(CN)C2CCCCC2)c1[N+](=O)[O-]. The zero-order valence-corrected chi connectivity index (χ0v) is 12.4. The van der Waals surface area contributed by atoms with Gasteiger partial charge in [-0.25, -0.2) is 0 Å². The molecule has 0 heterocycles. The lowest BCUT2D eigenvalue weighted by Gasteiger charge is -2.30. The summed E-state index contributed by atoms with van der Waals surface area (Å²) in [6, 6.07) is 5.13. The van der Waals surface area contributed by atoms with Crippen molar-refractivity contribution in [2.75, 3.05) is 19.0 Å². The number of hydrogen-bond donors (Lipinski definition) is 2. The average molecular weight is 293 g/mol. The van der Waals surface area contributed by atoms with E-state index in [0.717, 1.165) is 12.8 Å². The molecule has 0 saturated heterocycles. The Morgan fingerprint density at radius 3 is 2.71 bits per heavy atom. The van der Waals surface area contributed by atoms with Crippen LogP contribution in [0.4, 0.5) is 11.4 Å². The summed E-state index contributed by atoms with van der Waals surface area (Å²) in [5, 5.41) is 14.6. The van der Waals surface area contributed by atoms with Crippen LogP contribution >= 0.6 is 0 Å². The number of ether oxygens (including phenoxy) is 1. The van der Waals surface area contributed by atoms with Gasteiger partial charge in [0.15, 0.2) is 5.75 Å². The molecule has 1 fully saturated rings. The molecule has 1 aliphatic carbocycles. The highest BCUT2D eigenvalue weighted by Crippen LogP contribution is 2.36. The first-order chi connectivity index (χ1) is 10.2. The molecular weight excluding hydrogens is 270 g/mol. The second-order valence-corrected chi connectivity index (χ2v) is 5.50. The van der Waals surface area contributed by atoms with Crippen molar-refractivity contribution in [1.82, 2.24) is 0 Å². The van der Waals surface area contributed by atoms with Crippen LogP contribution in [-0.2, 0) is 0 Å². The molecule has 0 aliphatic heterocycles. The van der Waals surface area contributed by atoms with E-state index in [2.05, 4.69) is 5.32 Å². The minimum Gasteiger partial charge on any atom is -0.490 e. The quantitative estimate of drug-likeness (QED) is 0.621. The van der Waals surface area contributed by atoms with Crippen LogP contribution in [-0.4, -0.2) is 24.6 Å². The number of anilines is 1. The van der Waals surface area contributed by atoms with Crippen molar-refractivity contribution in [3.05, 3.63) is 28.3 Å². The van der Waals surface area contributed by atoms with Crippen LogP contribution in [0.15, 0.2) is 18.2 Å². The number of nitrogens with one attached hydrogen (secondary N) is 1. The third kappa shape index (κ3) is 3.64. The Morgan fingerprint density at radius 2 is 2.14 bits per heavy atom. The lowest BCUT2D eigenvalue weighted by atomic mass is 9.84. The van der Waals surface area contributed by atoms with Crippen LogP contribution in [0, 0.1) is 16.0 Å². The Kier molecular flexibility index (Phi) is 5.38. The Hall–Kier alpha value is -1.82. The lowest BCUT2D eigenvalue weighted by molar-refractivity contribution is -0.384. The minimum absolute atomic E-state index is 0.0192. The zero-order valence-electron chi connectivity index (χ0n) is 12.4. The number of nitro groups is 1. The Labute approximate surface area is 124 Å². The van der Waals surface area contributed by atoms with Gasteiger partial charge in [0.25, 0.3) is 0 Å². The van der Waals surface area contributed by atoms with Crippen LogP contribution in [0.5, 0.6) is 5.75 Å². The fraction of sp³-hybridized carbons (Fsp3) is 0.600. The number of nitrogens with two attached hydrogens (primary N) is 1. The van der Waals surface area contributed by atoms with Crippen LogP contribution in [0.2, 0.25) is 0 Å². The highest BCUT2D eigenvalue weighted by Gasteiger charge is 2.26. The molecule has 0 spiro atoms. The first-order valence-electron chi connectivity index (χ1n) is 7.45. The summed E-state index contributed by atoms with van der Waals surface area (Å²) in [6.45, 7) is 0.471. The monoisotopic (exact) mass is 293 g/mol. The lowest BCUT2D eigenvalue weighted by Crippen LogP contribution is -2.37. The van der Waals surface area contributed by atoms with Gasteiger partial charge in [-0.2, -0.15) is 0 Å². The van der Waals surface area contributed by atoms with Gasteiger partial charge in [0, 0.05) is 12.6 Å². The van der Waals surface area contributed by atoms with Crippen molar-refractivity contribution in [3.8, 4) is 5.75 Å². The van der Waals surface area contributed by atoms with E-state index in [1.165, 1.54) is 26.4 Å². The fourth-order valence-corrected chi connectivity index (χ4v) is 3.10. The molecule has 1 unspecified atom stereocenters. The Morgan fingerprint density at radius 1 is 1.43 bits per heavy atom. The van der Waals surface area contributed by atoms with Gasteiger partial charge >= 0.3 is 5.69 Å². The van der Waals surface area contributed by atoms with Crippen molar-refractivity contribution in [3.63, 3.8) is 0 Å². The molecule has 1 atom stereocenters. The van der Waals surface area contributed by atoms with Gasteiger partial charge in [-0.15, -0.1) is 0 Å². The minimum atomic E-state index is -0.407. The van der Waals surface area contributed by atoms with E-state index in [9.17, 15) is 10.1 Å². The fourth-order valence-electron chi connectivity index (χ4n) is 3.10. The molecule has 0 radical (unpaired) electrons. The number of nitro benzene ring substituents is 1. The molecule has 0 amide bonds. The summed E-state index contributed by atoms with van der Waals surface area (Å²) >= 11 is 0. The van der Waals surface area contributed by atoms with E-state index in [1.54, 1.807) is 18.2 Å². The van der Waals surface area contributed by atoms with Gasteiger partial charge in [0.1, 0.15) is 5.69 Å². The summed E-state index contributed by atoms with van der Waals surface area (Å²) < 4.78 is 5.10. The van der Waals surface area contributed by atoms with Gasteiger partial charge in [-0.1, -0.05) is 25.3 Å². The number of nitrogens with zero attached hydrogens (tertiary/aromatic N) is 1. The first-order valence-corrected chi connectivity index (χ1v) is 7.45. The normalized spacial score (nSPS) is 17.2. The summed E-state index contributed by atoms with van der Waals surface area (Å²) in [4.78, 5) is 10.9. The van der Waals surface area contributed by atoms with Crippen molar-refractivity contribution < 1.29 is 9.66 Å². The maximum Gasteiger partial charge on any atom is 0.333 e. The second-order valence-electron chi connectivity index (χ2n) is 5.50. The van der Waals surface area contributed by atoms with Crippen LogP contribution in [0.1, 0.15) is 32.1 Å². The summed E-state index contributed by atoms with van der Waals surface area (Å²) in [5.41, 5.74) is 6.35. The van der Waals surface area contributed by atoms with Gasteiger partial charge in [0.2, 0.25) is 0 Å². The average Bonchev–Trinajstić information content (AvgIpc) is 2.52. The van der Waals surface area contributed by atoms with E-state index in [4.69, 9.17) is 10.5 Å². The van der Waals surface area contributed by atoms with Gasteiger partial charge in [-0.3, -0.25) is 10.1 Å². The molecule has 1 aliphatic rings. The summed E-state index contributed by atoms with van der Waals surface area (Å²) in [5.74, 6) is 0.749. The molecule has 116 valence electrons. The highest BCUT2D eigenvalue weighted by molar-refractivity contribution is 5.68. The van der Waals surface area contributed by atoms with Crippen molar-refractivity contribution >= 4 is 11.4 Å². The van der Waals surface area contributed by atoms with E-state index in [-0.39, 0.29) is 17.5 Å². The number of methoxy groups -OCH3 is 1. The highest BCUT2D eigenvalue weighted by atomic mass is 16.6. The standard InChI is InChI=1S/C15H23N3O3/c1-21-14-9-5-8-12(15(14)18(19)20)17-13(10-16)11-6-3-2-4-7-11/h5,8-9,11,13,17H,2-4,6-7,10,16H2,1H3. The second kappa shape index (κ2) is 7.26. The molecule has 21 heavy (non-hydrogen) atoms. The van der Waals surface area contributed by atoms with E-state index in [1.807, 2.05) is 0 Å². The Bertz CT molecular complexity index is 487. The molecule has 0 aromatic heterocycles. The van der Waals surface area contributed by atoms with Crippen LogP contribution < -0.4 is 15.8 Å². The number of benzene rings is 1. The molecule has 6 heteroatoms. The zero-order chi connectivity index (χ0) is 15.2. The van der Waals surface area contributed by atoms with Crippen LogP contribution in [0.3, 0.4) is 0 Å². The third-order valence-electron chi connectivity index (χ3n) is 4.22. The molecule has 3 N–H and O–H groups in total. The first kappa shape index (κ1) is 15.6. The van der Waals surface area contributed by atoms with Gasteiger partial charge < -0.3 is 15.8 Å². The van der Waals surface area contributed by atoms with E-state index >= 15 is 0 Å². The number of rotatable bonds is 6. The molecule has 1 aromatic carbocycles. The summed E-state index contributed by atoms with van der Waals surface area (Å²) in [7, 11) is 1.44. The predicted octanol–water partition coefficient (Wildman–Crippen LogP) is 2.92. The predicted molar refractivity (Wildman–Crippen MR) is 82.7 cm³/mol. The maximum absolute atomic E-state index is 11.3. The van der Waals surface area contributed by atoms with E-state index in [0.29, 0.717) is 18.2 Å². The van der Waals surface area contributed by atoms with Crippen molar-refractivity contribution in [2.45, 2.75) is 38.1 Å². The molecular formula is C15H23N3O3. The third-order valence-corrected chi connectivity index (χ3v) is 4.22. The van der Waals surface area contributed by atoms with Gasteiger partial charge in [0.05, 0.1) is 12.0 Å². The van der Waals surface area contributed by atoms with Crippen LogP contribution in [0.25, 0.3) is 0 Å². The smallest absolute Gasteiger partial charge is 0.333 e. The molecule has 0 bridgehead atoms. The molecule has 6 nitrogen and oxygen atoms in total.